The van der Waals surface area contributed by atoms with Crippen molar-refractivity contribution in [2.45, 2.75) is 13.0 Å². The monoisotopic (exact) mass is 332 g/mol. The van der Waals surface area contributed by atoms with Crippen LogP contribution in [0.15, 0.2) is 48.5 Å². The summed E-state index contributed by atoms with van der Waals surface area (Å²) in [4.78, 5) is 16.9. The van der Waals surface area contributed by atoms with Gasteiger partial charge in [0.05, 0.1) is 29.8 Å². The molecule has 0 saturated carbocycles. The number of imidazole rings is 1. The zero-order valence-electron chi connectivity index (χ0n) is 13.6. The second kappa shape index (κ2) is 5.95. The number of nitrogens with zero attached hydrogens (tertiary/aromatic N) is 3. The first-order valence-electron chi connectivity index (χ1n) is 8.13. The van der Waals surface area contributed by atoms with Crippen molar-refractivity contribution in [3.8, 4) is 11.8 Å². The number of carbonyl (C=O) groups is 1. The molecular weight excluding hydrogens is 316 g/mol. The summed E-state index contributed by atoms with van der Waals surface area (Å²) in [6.45, 7) is 2.51. The molecule has 2 atom stereocenters. The number of rotatable bonds is 3. The SMILES string of the molecule is CCOc1ccc([C@@H]2[C@H](C#N)C(=O)Nc3nc4ccccc4n32)cc1. The first-order chi connectivity index (χ1) is 12.2. The van der Waals surface area contributed by atoms with Gasteiger partial charge in [-0.2, -0.15) is 5.26 Å². The van der Waals surface area contributed by atoms with Crippen molar-refractivity contribution in [1.29, 1.82) is 5.26 Å². The summed E-state index contributed by atoms with van der Waals surface area (Å²) in [5.74, 6) is 0.0690. The molecule has 0 spiro atoms. The molecule has 6 nitrogen and oxygen atoms in total. The van der Waals surface area contributed by atoms with Crippen molar-refractivity contribution in [3.63, 3.8) is 0 Å². The van der Waals surface area contributed by atoms with Crippen LogP contribution in [0.1, 0.15) is 18.5 Å². The second-order valence-electron chi connectivity index (χ2n) is 5.84. The van der Waals surface area contributed by atoms with Crippen molar-refractivity contribution < 1.29 is 9.53 Å². The van der Waals surface area contributed by atoms with E-state index >= 15 is 0 Å². The van der Waals surface area contributed by atoms with Gasteiger partial charge < -0.3 is 9.30 Å². The third-order valence-corrected chi connectivity index (χ3v) is 4.38. The van der Waals surface area contributed by atoms with Gasteiger partial charge in [-0.1, -0.05) is 24.3 Å². The summed E-state index contributed by atoms with van der Waals surface area (Å²) in [5.41, 5.74) is 2.54. The summed E-state index contributed by atoms with van der Waals surface area (Å²) in [6.07, 6.45) is 0. The minimum Gasteiger partial charge on any atom is -0.494 e. The summed E-state index contributed by atoms with van der Waals surface area (Å²) in [5, 5.41) is 12.3. The molecule has 124 valence electrons. The third-order valence-electron chi connectivity index (χ3n) is 4.38. The van der Waals surface area contributed by atoms with Gasteiger partial charge in [0.25, 0.3) is 0 Å². The van der Waals surface area contributed by atoms with E-state index in [0.29, 0.717) is 12.6 Å². The molecule has 0 saturated heterocycles. The molecule has 3 aromatic rings. The predicted molar refractivity (Wildman–Crippen MR) is 93.2 cm³/mol. The standard InChI is InChI=1S/C19H16N4O2/c1-2-25-13-9-7-12(8-10-13)17-14(11-20)18(24)22-19-21-15-5-3-4-6-16(15)23(17)19/h3-10,14,17H,2H2,1H3,(H,21,22,24)/t14-,17+/m0/s1. The number of amides is 1. The van der Waals surface area contributed by atoms with Crippen LogP contribution in [0.2, 0.25) is 0 Å². The van der Waals surface area contributed by atoms with Gasteiger partial charge >= 0.3 is 0 Å². The van der Waals surface area contributed by atoms with Crippen LogP contribution in [-0.2, 0) is 4.79 Å². The van der Waals surface area contributed by atoms with Crippen LogP contribution in [0.5, 0.6) is 5.75 Å². The lowest BCUT2D eigenvalue weighted by Gasteiger charge is -2.30. The molecular formula is C19H16N4O2. The van der Waals surface area contributed by atoms with Crippen molar-refractivity contribution in [2.24, 2.45) is 5.92 Å². The largest absolute Gasteiger partial charge is 0.494 e. The van der Waals surface area contributed by atoms with Gasteiger partial charge in [-0.05, 0) is 36.8 Å². The normalized spacial score (nSPS) is 19.1. The first kappa shape index (κ1) is 15.2. The van der Waals surface area contributed by atoms with Gasteiger partial charge in [0.2, 0.25) is 11.9 Å². The van der Waals surface area contributed by atoms with E-state index in [9.17, 15) is 10.1 Å². The Morgan fingerprint density at radius 2 is 2.00 bits per heavy atom. The molecule has 1 amide bonds. The topological polar surface area (TPSA) is 79.9 Å². The minimum atomic E-state index is -0.831. The van der Waals surface area contributed by atoms with Gasteiger partial charge in [0, 0.05) is 0 Å². The van der Waals surface area contributed by atoms with Crippen LogP contribution in [0.3, 0.4) is 0 Å². The maximum Gasteiger partial charge on any atom is 0.246 e. The van der Waals surface area contributed by atoms with E-state index in [0.717, 1.165) is 22.3 Å². The number of aromatic nitrogens is 2. The number of para-hydroxylation sites is 2. The third kappa shape index (κ3) is 2.41. The van der Waals surface area contributed by atoms with Gasteiger partial charge in [0.15, 0.2) is 5.92 Å². The highest BCUT2D eigenvalue weighted by molar-refractivity contribution is 5.97. The number of hydrogen-bond acceptors (Lipinski definition) is 4. The van der Waals surface area contributed by atoms with Crippen LogP contribution in [0.25, 0.3) is 11.0 Å². The minimum absolute atomic E-state index is 0.329. The van der Waals surface area contributed by atoms with Crippen molar-refractivity contribution in [3.05, 3.63) is 54.1 Å². The van der Waals surface area contributed by atoms with E-state index in [1.54, 1.807) is 0 Å². The number of benzene rings is 2. The number of carbonyl (C=O) groups excluding carboxylic acids is 1. The number of anilines is 1. The first-order valence-corrected chi connectivity index (χ1v) is 8.13. The Morgan fingerprint density at radius 1 is 1.24 bits per heavy atom. The van der Waals surface area contributed by atoms with Gasteiger partial charge in [-0.15, -0.1) is 0 Å². The van der Waals surface area contributed by atoms with Crippen molar-refractivity contribution in [1.82, 2.24) is 9.55 Å². The number of fused-ring (bicyclic) bond motifs is 3. The second-order valence-corrected chi connectivity index (χ2v) is 5.84. The highest BCUT2D eigenvalue weighted by Gasteiger charge is 2.38. The molecule has 2 heterocycles. The lowest BCUT2D eigenvalue weighted by molar-refractivity contribution is -0.119. The van der Waals surface area contributed by atoms with Crippen LogP contribution < -0.4 is 10.1 Å². The molecule has 1 aromatic heterocycles. The molecule has 0 aliphatic carbocycles. The fraction of sp³-hybridized carbons (Fsp3) is 0.211. The molecule has 1 aliphatic heterocycles. The molecule has 0 fully saturated rings. The molecule has 4 rings (SSSR count). The highest BCUT2D eigenvalue weighted by Crippen LogP contribution is 2.38. The van der Waals surface area contributed by atoms with E-state index in [1.165, 1.54) is 0 Å². The number of nitrogens with one attached hydrogen (secondary N) is 1. The van der Waals surface area contributed by atoms with E-state index in [-0.39, 0.29) is 5.91 Å². The molecule has 1 aliphatic rings. The molecule has 6 heteroatoms. The lowest BCUT2D eigenvalue weighted by atomic mass is 9.91. The summed E-state index contributed by atoms with van der Waals surface area (Å²) < 4.78 is 7.41. The molecule has 2 aromatic carbocycles. The predicted octanol–water partition coefficient (Wildman–Crippen LogP) is 3.12. The molecule has 0 bridgehead atoms. The summed E-state index contributed by atoms with van der Waals surface area (Å²) >= 11 is 0. The lowest BCUT2D eigenvalue weighted by Crippen LogP contribution is -2.37. The Kier molecular flexibility index (Phi) is 3.62. The zero-order chi connectivity index (χ0) is 17.4. The fourth-order valence-electron chi connectivity index (χ4n) is 3.29. The molecule has 0 unspecified atom stereocenters. The van der Waals surface area contributed by atoms with E-state index in [2.05, 4.69) is 16.4 Å². The Labute approximate surface area is 144 Å². The average Bonchev–Trinajstić information content (AvgIpc) is 2.99. The average molecular weight is 332 g/mol. The Balaban J connectivity index is 1.90. The molecule has 1 N–H and O–H groups in total. The number of ether oxygens (including phenoxy) is 1. The maximum absolute atomic E-state index is 12.4. The van der Waals surface area contributed by atoms with Crippen LogP contribution >= 0.6 is 0 Å². The zero-order valence-corrected chi connectivity index (χ0v) is 13.6. The smallest absolute Gasteiger partial charge is 0.246 e. The fourth-order valence-corrected chi connectivity index (χ4v) is 3.29. The van der Waals surface area contributed by atoms with Crippen molar-refractivity contribution in [2.75, 3.05) is 11.9 Å². The summed E-state index contributed by atoms with van der Waals surface area (Å²) in [7, 11) is 0. The van der Waals surface area contributed by atoms with Crippen molar-refractivity contribution >= 4 is 22.9 Å². The van der Waals surface area contributed by atoms with Gasteiger partial charge in [-0.25, -0.2) is 4.98 Å². The van der Waals surface area contributed by atoms with Crippen LogP contribution in [0.4, 0.5) is 5.95 Å². The van der Waals surface area contributed by atoms with Gasteiger partial charge in [-0.3, -0.25) is 10.1 Å². The Bertz CT molecular complexity index is 985. The highest BCUT2D eigenvalue weighted by atomic mass is 16.5. The molecule has 25 heavy (non-hydrogen) atoms. The maximum atomic E-state index is 12.4. The number of hydrogen-bond donors (Lipinski definition) is 1. The van der Waals surface area contributed by atoms with Crippen LogP contribution in [0, 0.1) is 17.2 Å². The Morgan fingerprint density at radius 3 is 2.72 bits per heavy atom. The summed E-state index contributed by atoms with van der Waals surface area (Å²) in [6, 6.07) is 16.9. The van der Waals surface area contributed by atoms with Crippen LogP contribution in [-0.4, -0.2) is 22.1 Å². The Hall–Kier alpha value is -3.33. The number of nitriles is 1. The quantitative estimate of drug-likeness (QED) is 0.799. The van der Waals surface area contributed by atoms with Gasteiger partial charge in [0.1, 0.15) is 5.75 Å². The van der Waals surface area contributed by atoms with E-state index in [4.69, 9.17) is 4.74 Å². The van der Waals surface area contributed by atoms with E-state index in [1.807, 2.05) is 60.0 Å². The van der Waals surface area contributed by atoms with E-state index < -0.39 is 12.0 Å². The molecule has 0 radical (unpaired) electrons.